The van der Waals surface area contributed by atoms with Crippen molar-refractivity contribution in [3.8, 4) is 17.0 Å². The number of halogens is 2. The molecule has 2 heterocycles. The first kappa shape index (κ1) is 16.0. The summed E-state index contributed by atoms with van der Waals surface area (Å²) in [5, 5.41) is 11.3. The minimum Gasteiger partial charge on any atom is -0.488 e. The monoisotopic (exact) mass is 370 g/mol. The Morgan fingerprint density at radius 2 is 1.88 bits per heavy atom. The van der Waals surface area contributed by atoms with Crippen LogP contribution < -0.4 is 4.74 Å². The van der Waals surface area contributed by atoms with Crippen molar-refractivity contribution in [2.75, 3.05) is 0 Å². The summed E-state index contributed by atoms with van der Waals surface area (Å²) in [5.41, 5.74) is 2.33. The van der Waals surface area contributed by atoms with E-state index in [2.05, 4.69) is 10.2 Å². The molecular formula is C19H12ClFN2OS. The molecule has 4 rings (SSSR count). The van der Waals surface area contributed by atoms with Crippen LogP contribution >= 0.6 is 22.9 Å². The number of rotatable bonds is 4. The van der Waals surface area contributed by atoms with E-state index in [-0.39, 0.29) is 5.82 Å². The number of thiophene rings is 1. The van der Waals surface area contributed by atoms with Crippen LogP contribution in [0.5, 0.6) is 5.75 Å². The molecule has 0 saturated carbocycles. The zero-order chi connectivity index (χ0) is 17.2. The fraction of sp³-hybridized carbons (Fsp3) is 0.0526. The molecule has 0 atom stereocenters. The zero-order valence-corrected chi connectivity index (χ0v) is 14.5. The molecule has 3 nitrogen and oxygen atoms in total. The molecule has 6 heteroatoms. The van der Waals surface area contributed by atoms with Gasteiger partial charge in [-0.15, -0.1) is 21.5 Å². The molecule has 0 radical (unpaired) electrons. The quantitative estimate of drug-likeness (QED) is 0.460. The first-order chi connectivity index (χ1) is 12.2. The topological polar surface area (TPSA) is 35.0 Å². The van der Waals surface area contributed by atoms with Crippen molar-refractivity contribution in [1.82, 2.24) is 10.2 Å². The maximum absolute atomic E-state index is 13.8. The summed E-state index contributed by atoms with van der Waals surface area (Å²) >= 11 is 7.62. The summed E-state index contributed by atoms with van der Waals surface area (Å²) < 4.78 is 20.5. The molecule has 2 aromatic carbocycles. The zero-order valence-electron chi connectivity index (χ0n) is 12.9. The van der Waals surface area contributed by atoms with Gasteiger partial charge in [-0.25, -0.2) is 4.39 Å². The molecule has 0 aliphatic carbocycles. The largest absolute Gasteiger partial charge is 0.488 e. The lowest BCUT2D eigenvalue weighted by Gasteiger charge is -2.12. The Hall–Kier alpha value is -2.50. The molecule has 25 heavy (non-hydrogen) atoms. The fourth-order valence-electron chi connectivity index (χ4n) is 2.57. The predicted octanol–water partition coefficient (Wildman–Crippen LogP) is 5.73. The minimum atomic E-state index is -0.365. The summed E-state index contributed by atoms with van der Waals surface area (Å²) in [5.74, 6) is 0.0614. The Kier molecular flexibility index (Phi) is 4.34. The van der Waals surface area contributed by atoms with E-state index >= 15 is 0 Å². The van der Waals surface area contributed by atoms with Crippen molar-refractivity contribution < 1.29 is 9.13 Å². The number of hydrogen-bond acceptors (Lipinski definition) is 4. The molecule has 0 aliphatic heterocycles. The smallest absolute Gasteiger partial charge is 0.160 e. The average Bonchev–Trinajstić information content (AvgIpc) is 3.13. The Morgan fingerprint density at radius 1 is 1.04 bits per heavy atom. The first-order valence-electron chi connectivity index (χ1n) is 7.58. The van der Waals surface area contributed by atoms with Crippen molar-refractivity contribution in [3.63, 3.8) is 0 Å². The van der Waals surface area contributed by atoms with Gasteiger partial charge in [-0.1, -0.05) is 41.9 Å². The van der Waals surface area contributed by atoms with E-state index < -0.39 is 0 Å². The van der Waals surface area contributed by atoms with Gasteiger partial charge in [0.1, 0.15) is 23.9 Å². The van der Waals surface area contributed by atoms with Crippen LogP contribution in [0.2, 0.25) is 5.15 Å². The van der Waals surface area contributed by atoms with Crippen molar-refractivity contribution in [2.45, 2.75) is 6.61 Å². The van der Waals surface area contributed by atoms with Gasteiger partial charge in [0, 0.05) is 17.0 Å². The van der Waals surface area contributed by atoms with Crippen molar-refractivity contribution in [3.05, 3.63) is 76.5 Å². The van der Waals surface area contributed by atoms with Gasteiger partial charge in [-0.2, -0.15) is 0 Å². The van der Waals surface area contributed by atoms with Crippen molar-refractivity contribution >= 4 is 33.0 Å². The van der Waals surface area contributed by atoms with Crippen LogP contribution in [0.3, 0.4) is 0 Å². The van der Waals surface area contributed by atoms with Crippen molar-refractivity contribution in [1.29, 1.82) is 0 Å². The molecule has 2 aromatic heterocycles. The fourth-order valence-corrected chi connectivity index (χ4v) is 3.72. The van der Waals surface area contributed by atoms with Crippen LogP contribution in [-0.2, 0) is 6.61 Å². The highest BCUT2D eigenvalue weighted by atomic mass is 35.5. The highest BCUT2D eigenvalue weighted by Crippen LogP contribution is 2.38. The van der Waals surface area contributed by atoms with Gasteiger partial charge in [0.15, 0.2) is 5.15 Å². The maximum Gasteiger partial charge on any atom is 0.160 e. The summed E-state index contributed by atoms with van der Waals surface area (Å²) in [7, 11) is 0. The van der Waals surface area contributed by atoms with Crippen LogP contribution in [0.15, 0.2) is 60.0 Å². The van der Waals surface area contributed by atoms with Gasteiger partial charge in [-0.3, -0.25) is 0 Å². The summed E-state index contributed by atoms with van der Waals surface area (Å²) in [6, 6.07) is 16.0. The highest BCUT2D eigenvalue weighted by molar-refractivity contribution is 7.17. The number of hydrogen-bond donors (Lipinski definition) is 0. The van der Waals surface area contributed by atoms with E-state index in [1.54, 1.807) is 6.07 Å². The van der Waals surface area contributed by atoms with E-state index in [0.717, 1.165) is 15.6 Å². The summed E-state index contributed by atoms with van der Waals surface area (Å²) in [4.78, 5) is 0. The Labute approximate surface area is 152 Å². The number of nitrogens with zero attached hydrogens (tertiary/aromatic N) is 2. The SMILES string of the molecule is Fc1ccc(-c2nnc(Cl)c3ccsc23)c(OCc2ccccc2)c1. The molecule has 124 valence electrons. The molecule has 0 unspecified atom stereocenters. The van der Waals surface area contributed by atoms with E-state index in [4.69, 9.17) is 16.3 Å². The molecule has 0 N–H and O–H groups in total. The summed E-state index contributed by atoms with van der Waals surface area (Å²) in [6.45, 7) is 0.339. The Bertz CT molecular complexity index is 1040. The second kappa shape index (κ2) is 6.78. The van der Waals surface area contributed by atoms with E-state index in [0.29, 0.717) is 28.8 Å². The Balaban J connectivity index is 1.77. The number of benzene rings is 2. The van der Waals surface area contributed by atoms with Crippen molar-refractivity contribution in [2.24, 2.45) is 0 Å². The second-order valence-electron chi connectivity index (χ2n) is 5.42. The normalized spacial score (nSPS) is 11.0. The number of ether oxygens (including phenoxy) is 1. The lowest BCUT2D eigenvalue weighted by atomic mass is 10.1. The van der Waals surface area contributed by atoms with E-state index in [1.165, 1.54) is 23.5 Å². The standard InChI is InChI=1S/C19H12ClFN2OS/c20-19-15-8-9-25-18(15)17(22-23-19)14-7-6-13(21)10-16(14)24-11-12-4-2-1-3-5-12/h1-10H,11H2. The highest BCUT2D eigenvalue weighted by Gasteiger charge is 2.16. The number of fused-ring (bicyclic) bond motifs is 1. The molecule has 0 saturated heterocycles. The van der Waals surface area contributed by atoms with Crippen LogP contribution in [0, 0.1) is 5.82 Å². The molecule has 0 aliphatic rings. The molecule has 4 aromatic rings. The third kappa shape index (κ3) is 3.21. The lowest BCUT2D eigenvalue weighted by Crippen LogP contribution is -1.99. The van der Waals surface area contributed by atoms with Gasteiger partial charge >= 0.3 is 0 Å². The van der Waals surface area contributed by atoms with Crippen LogP contribution in [0.1, 0.15) is 5.56 Å². The molecular weight excluding hydrogens is 359 g/mol. The van der Waals surface area contributed by atoms with Gasteiger partial charge in [0.25, 0.3) is 0 Å². The Morgan fingerprint density at radius 3 is 2.72 bits per heavy atom. The van der Waals surface area contributed by atoms with Gasteiger partial charge in [0.2, 0.25) is 0 Å². The molecule has 0 bridgehead atoms. The molecule has 0 spiro atoms. The van der Waals surface area contributed by atoms with Crippen LogP contribution in [0.4, 0.5) is 4.39 Å². The predicted molar refractivity (Wildman–Crippen MR) is 98.6 cm³/mol. The third-order valence-corrected chi connectivity index (χ3v) is 4.98. The van der Waals surface area contributed by atoms with Gasteiger partial charge in [-0.05, 0) is 29.1 Å². The third-order valence-electron chi connectivity index (χ3n) is 3.78. The maximum atomic E-state index is 13.8. The van der Waals surface area contributed by atoms with Crippen LogP contribution in [0.25, 0.3) is 21.3 Å². The van der Waals surface area contributed by atoms with Gasteiger partial charge in [0.05, 0.1) is 4.70 Å². The van der Waals surface area contributed by atoms with Gasteiger partial charge < -0.3 is 4.74 Å². The van der Waals surface area contributed by atoms with E-state index in [9.17, 15) is 4.39 Å². The van der Waals surface area contributed by atoms with E-state index in [1.807, 2.05) is 41.8 Å². The molecule has 0 amide bonds. The number of aromatic nitrogens is 2. The second-order valence-corrected chi connectivity index (χ2v) is 6.69. The first-order valence-corrected chi connectivity index (χ1v) is 8.84. The molecule has 0 fully saturated rings. The lowest BCUT2D eigenvalue weighted by molar-refractivity contribution is 0.306. The van der Waals surface area contributed by atoms with Crippen LogP contribution in [-0.4, -0.2) is 10.2 Å². The average molecular weight is 371 g/mol. The summed E-state index contributed by atoms with van der Waals surface area (Å²) in [6.07, 6.45) is 0. The minimum absolute atomic E-state index is 0.339.